The van der Waals surface area contributed by atoms with Crippen molar-refractivity contribution in [2.75, 3.05) is 0 Å². The SMILES string of the molecule is C=Cc1ccccc1.[Na+].[OH-]. The maximum absolute atomic E-state index is 3.63. The van der Waals surface area contributed by atoms with Crippen molar-refractivity contribution in [3.05, 3.63) is 42.5 Å². The van der Waals surface area contributed by atoms with E-state index in [0.29, 0.717) is 0 Å². The van der Waals surface area contributed by atoms with Gasteiger partial charge >= 0.3 is 29.6 Å². The summed E-state index contributed by atoms with van der Waals surface area (Å²) in [5.74, 6) is 0. The fourth-order valence-corrected chi connectivity index (χ4v) is 0.589. The molecule has 1 N–H and O–H groups in total. The van der Waals surface area contributed by atoms with Gasteiger partial charge < -0.3 is 5.48 Å². The van der Waals surface area contributed by atoms with Crippen LogP contribution in [0.25, 0.3) is 6.08 Å². The van der Waals surface area contributed by atoms with Crippen LogP contribution < -0.4 is 29.6 Å². The topological polar surface area (TPSA) is 30.0 Å². The maximum atomic E-state index is 3.63. The zero-order chi connectivity index (χ0) is 5.82. The number of benzene rings is 1. The molecule has 1 aromatic carbocycles. The summed E-state index contributed by atoms with van der Waals surface area (Å²) in [6.45, 7) is 3.63. The van der Waals surface area contributed by atoms with E-state index in [-0.39, 0.29) is 35.0 Å². The van der Waals surface area contributed by atoms with Gasteiger partial charge in [-0.15, -0.1) is 0 Å². The van der Waals surface area contributed by atoms with Crippen LogP contribution in [-0.4, -0.2) is 5.48 Å². The molecule has 0 unspecified atom stereocenters. The quantitative estimate of drug-likeness (QED) is 0.472. The Morgan fingerprint density at radius 2 is 1.60 bits per heavy atom. The monoisotopic (exact) mass is 144 g/mol. The van der Waals surface area contributed by atoms with E-state index in [1.165, 1.54) is 5.56 Å². The van der Waals surface area contributed by atoms with E-state index in [2.05, 4.69) is 6.58 Å². The summed E-state index contributed by atoms with van der Waals surface area (Å²) in [7, 11) is 0. The van der Waals surface area contributed by atoms with Gasteiger partial charge in [-0.1, -0.05) is 43.0 Å². The average molecular weight is 144 g/mol. The first-order chi connectivity index (χ1) is 3.93. The molecule has 0 aliphatic heterocycles. The van der Waals surface area contributed by atoms with Crippen LogP contribution in [0.15, 0.2) is 36.9 Å². The molecule has 0 bridgehead atoms. The Bertz CT molecular complexity index is 172. The molecule has 0 heterocycles. The average Bonchev–Trinajstić information content (AvgIpc) is 1.90. The van der Waals surface area contributed by atoms with Gasteiger partial charge in [-0.2, -0.15) is 0 Å². The number of hydrogen-bond acceptors (Lipinski definition) is 1. The van der Waals surface area contributed by atoms with Crippen LogP contribution in [0.2, 0.25) is 0 Å². The van der Waals surface area contributed by atoms with E-state index in [9.17, 15) is 0 Å². The largest absolute Gasteiger partial charge is 1.00 e. The second kappa shape index (κ2) is 7.03. The standard InChI is InChI=1S/C8H8.Na.H2O/c1-2-8-6-4-3-5-7-8;;/h2-7H,1H2;;1H2/q;+1;/p-1. The molecule has 1 aromatic rings. The normalized spacial score (nSPS) is 6.80. The van der Waals surface area contributed by atoms with Crippen molar-refractivity contribution in [3.8, 4) is 0 Å². The van der Waals surface area contributed by atoms with Gasteiger partial charge in [0.1, 0.15) is 0 Å². The molecule has 10 heavy (non-hydrogen) atoms. The van der Waals surface area contributed by atoms with Crippen molar-refractivity contribution in [3.63, 3.8) is 0 Å². The van der Waals surface area contributed by atoms with Gasteiger partial charge in [0.2, 0.25) is 0 Å². The van der Waals surface area contributed by atoms with E-state index in [4.69, 9.17) is 0 Å². The molecule has 1 nitrogen and oxygen atoms in total. The second-order valence-corrected chi connectivity index (χ2v) is 1.61. The Hall–Kier alpha value is -0.0800. The van der Waals surface area contributed by atoms with Crippen LogP contribution >= 0.6 is 0 Å². The molecule has 0 atom stereocenters. The number of rotatable bonds is 1. The van der Waals surface area contributed by atoms with Crippen molar-refractivity contribution in [2.45, 2.75) is 0 Å². The summed E-state index contributed by atoms with van der Waals surface area (Å²) >= 11 is 0. The third-order valence-corrected chi connectivity index (χ3v) is 1.04. The molecule has 0 fully saturated rings. The van der Waals surface area contributed by atoms with Gasteiger partial charge in [0.15, 0.2) is 0 Å². The first kappa shape index (κ1) is 12.6. The van der Waals surface area contributed by atoms with E-state index < -0.39 is 0 Å². The van der Waals surface area contributed by atoms with Crippen LogP contribution in [0, 0.1) is 0 Å². The van der Waals surface area contributed by atoms with Crippen LogP contribution in [0.1, 0.15) is 5.56 Å². The fourth-order valence-electron chi connectivity index (χ4n) is 0.589. The Labute approximate surface area is 83.4 Å². The van der Waals surface area contributed by atoms with E-state index in [0.717, 1.165) is 0 Å². The van der Waals surface area contributed by atoms with Crippen molar-refractivity contribution >= 4 is 6.08 Å². The summed E-state index contributed by atoms with van der Waals surface area (Å²) in [6.07, 6.45) is 1.83. The zero-order valence-corrected chi connectivity index (χ0v) is 8.12. The molecule has 1 rings (SSSR count). The van der Waals surface area contributed by atoms with Gasteiger partial charge in [0, 0.05) is 0 Å². The molecule has 48 valence electrons. The maximum Gasteiger partial charge on any atom is 1.00 e. The summed E-state index contributed by atoms with van der Waals surface area (Å²) in [5, 5.41) is 0. The summed E-state index contributed by atoms with van der Waals surface area (Å²) in [5.41, 5.74) is 1.17. The zero-order valence-electron chi connectivity index (χ0n) is 6.12. The molecule has 0 amide bonds. The van der Waals surface area contributed by atoms with Gasteiger partial charge in [-0.05, 0) is 5.56 Å². The predicted octanol–water partition coefficient (Wildman–Crippen LogP) is -0.843. The second-order valence-electron chi connectivity index (χ2n) is 1.61. The van der Waals surface area contributed by atoms with Crippen LogP contribution in [0.3, 0.4) is 0 Å². The minimum atomic E-state index is 0. The summed E-state index contributed by atoms with van der Waals surface area (Å²) in [6, 6.07) is 10.0. The first-order valence-corrected chi connectivity index (χ1v) is 2.61. The predicted molar refractivity (Wildman–Crippen MR) is 38.5 cm³/mol. The smallest absolute Gasteiger partial charge is 0.870 e. The first-order valence-electron chi connectivity index (χ1n) is 2.61. The van der Waals surface area contributed by atoms with Gasteiger partial charge in [-0.3, -0.25) is 0 Å². The molecule has 0 spiro atoms. The Balaban J connectivity index is 0. The van der Waals surface area contributed by atoms with Crippen molar-refractivity contribution in [1.82, 2.24) is 0 Å². The molecule has 0 saturated carbocycles. The molecule has 0 aliphatic rings. The summed E-state index contributed by atoms with van der Waals surface area (Å²) in [4.78, 5) is 0. The third-order valence-electron chi connectivity index (χ3n) is 1.04. The Kier molecular flexibility index (Phi) is 8.85. The minimum Gasteiger partial charge on any atom is -0.870 e. The van der Waals surface area contributed by atoms with Crippen molar-refractivity contribution in [2.24, 2.45) is 0 Å². The van der Waals surface area contributed by atoms with Gasteiger partial charge in [0.05, 0.1) is 0 Å². The van der Waals surface area contributed by atoms with Crippen molar-refractivity contribution in [1.29, 1.82) is 0 Å². The Morgan fingerprint density at radius 3 is 1.90 bits per heavy atom. The molecule has 0 aliphatic carbocycles. The number of hydrogen-bond donors (Lipinski definition) is 0. The molecular weight excluding hydrogens is 135 g/mol. The van der Waals surface area contributed by atoms with E-state index in [1.807, 2.05) is 36.4 Å². The van der Waals surface area contributed by atoms with Crippen LogP contribution in [0.5, 0.6) is 0 Å². The molecular formula is C8H9NaO. The Morgan fingerprint density at radius 1 is 1.10 bits per heavy atom. The third kappa shape index (κ3) is 3.85. The van der Waals surface area contributed by atoms with Crippen LogP contribution in [0.4, 0.5) is 0 Å². The van der Waals surface area contributed by atoms with Crippen molar-refractivity contribution < 1.29 is 35.0 Å². The van der Waals surface area contributed by atoms with Gasteiger partial charge in [0.25, 0.3) is 0 Å². The molecule has 0 aromatic heterocycles. The van der Waals surface area contributed by atoms with E-state index in [1.54, 1.807) is 0 Å². The van der Waals surface area contributed by atoms with E-state index >= 15 is 0 Å². The minimum absolute atomic E-state index is 0. The molecule has 0 radical (unpaired) electrons. The summed E-state index contributed by atoms with van der Waals surface area (Å²) < 4.78 is 0. The molecule has 2 heteroatoms. The molecule has 0 saturated heterocycles. The van der Waals surface area contributed by atoms with Crippen LogP contribution in [-0.2, 0) is 0 Å². The fraction of sp³-hybridized carbons (Fsp3) is 0. The van der Waals surface area contributed by atoms with Gasteiger partial charge in [-0.25, -0.2) is 0 Å².